The molecule has 0 heterocycles. The minimum absolute atomic E-state index is 0.125. The van der Waals surface area contributed by atoms with Crippen molar-refractivity contribution in [2.75, 3.05) is 26.1 Å². The third-order valence-corrected chi connectivity index (χ3v) is 3.36. The number of anilines is 1. The summed E-state index contributed by atoms with van der Waals surface area (Å²) in [6.45, 7) is -0.125. The number of hydrogen-bond acceptors (Lipinski definition) is 4. The maximum Gasteiger partial charge on any atom is 0.319 e. The van der Waals surface area contributed by atoms with Crippen molar-refractivity contribution in [3.8, 4) is 11.5 Å². The predicted molar refractivity (Wildman–Crippen MR) is 87.9 cm³/mol. The van der Waals surface area contributed by atoms with E-state index in [1.807, 2.05) is 0 Å². The lowest BCUT2D eigenvalue weighted by atomic mass is 10.1. The molecule has 128 valence electrons. The van der Waals surface area contributed by atoms with Crippen LogP contribution in [0.3, 0.4) is 0 Å². The molecule has 3 N–H and O–H groups in total. The van der Waals surface area contributed by atoms with Crippen LogP contribution in [0, 0.1) is 5.82 Å². The normalized spacial score (nSPS) is 11.5. The monoisotopic (exact) mass is 334 g/mol. The van der Waals surface area contributed by atoms with Crippen molar-refractivity contribution in [3.63, 3.8) is 0 Å². The molecule has 2 rings (SSSR count). The molecule has 0 bridgehead atoms. The quantitative estimate of drug-likeness (QED) is 0.759. The summed E-state index contributed by atoms with van der Waals surface area (Å²) in [6, 6.07) is 10.2. The van der Waals surface area contributed by atoms with Crippen LogP contribution in [-0.4, -0.2) is 31.9 Å². The molecule has 0 spiro atoms. The summed E-state index contributed by atoms with van der Waals surface area (Å²) >= 11 is 0. The van der Waals surface area contributed by atoms with Crippen molar-refractivity contribution in [2.24, 2.45) is 0 Å². The fraction of sp³-hybridized carbons (Fsp3) is 0.235. The molecule has 2 aromatic rings. The van der Waals surface area contributed by atoms with E-state index in [0.29, 0.717) is 17.2 Å². The summed E-state index contributed by atoms with van der Waals surface area (Å²) in [5.41, 5.74) is 0.620. The van der Waals surface area contributed by atoms with E-state index in [9.17, 15) is 14.3 Å². The number of carbonyl (C=O) groups is 1. The van der Waals surface area contributed by atoms with Gasteiger partial charge in [-0.1, -0.05) is 18.2 Å². The summed E-state index contributed by atoms with van der Waals surface area (Å²) in [4.78, 5) is 11.9. The Morgan fingerprint density at radius 2 is 1.88 bits per heavy atom. The topological polar surface area (TPSA) is 79.8 Å². The van der Waals surface area contributed by atoms with Crippen molar-refractivity contribution in [1.82, 2.24) is 5.32 Å². The van der Waals surface area contributed by atoms with Crippen LogP contribution >= 0.6 is 0 Å². The smallest absolute Gasteiger partial charge is 0.319 e. The minimum atomic E-state index is -1.14. The van der Waals surface area contributed by atoms with E-state index in [0.717, 1.165) is 0 Å². The molecule has 6 nitrogen and oxygen atoms in total. The third-order valence-electron chi connectivity index (χ3n) is 3.36. The summed E-state index contributed by atoms with van der Waals surface area (Å²) in [5, 5.41) is 15.0. The minimum Gasteiger partial charge on any atom is -0.493 e. The van der Waals surface area contributed by atoms with Gasteiger partial charge < -0.3 is 25.2 Å². The van der Waals surface area contributed by atoms with Gasteiger partial charge >= 0.3 is 6.03 Å². The van der Waals surface area contributed by atoms with Gasteiger partial charge in [0.25, 0.3) is 0 Å². The second-order valence-corrected chi connectivity index (χ2v) is 4.94. The molecule has 2 aromatic carbocycles. The Morgan fingerprint density at radius 3 is 2.54 bits per heavy atom. The molecule has 1 atom stereocenters. The van der Waals surface area contributed by atoms with Crippen LogP contribution in [0.4, 0.5) is 14.9 Å². The number of rotatable bonds is 6. The Labute approximate surface area is 139 Å². The summed E-state index contributed by atoms with van der Waals surface area (Å²) in [6.07, 6.45) is -1.14. The van der Waals surface area contributed by atoms with Gasteiger partial charge in [0.15, 0.2) is 11.5 Å². The molecule has 0 aliphatic heterocycles. The molecule has 0 aromatic heterocycles. The number of hydrogen-bond donors (Lipinski definition) is 3. The first-order valence-corrected chi connectivity index (χ1v) is 7.24. The predicted octanol–water partition coefficient (Wildman–Crippen LogP) is 2.70. The van der Waals surface area contributed by atoms with Crippen LogP contribution in [0.5, 0.6) is 11.5 Å². The molecule has 0 fully saturated rings. The van der Waals surface area contributed by atoms with Crippen LogP contribution in [0.2, 0.25) is 0 Å². The fourth-order valence-corrected chi connectivity index (χ4v) is 2.13. The Hall–Kier alpha value is -2.80. The van der Waals surface area contributed by atoms with E-state index in [4.69, 9.17) is 9.47 Å². The largest absolute Gasteiger partial charge is 0.493 e. The highest BCUT2D eigenvalue weighted by Crippen LogP contribution is 2.29. The van der Waals surface area contributed by atoms with Crippen molar-refractivity contribution in [2.45, 2.75) is 6.10 Å². The van der Waals surface area contributed by atoms with Gasteiger partial charge in [-0.25, -0.2) is 9.18 Å². The number of carbonyl (C=O) groups excluding carboxylic acids is 1. The molecule has 0 saturated carbocycles. The maximum atomic E-state index is 13.6. The number of aliphatic hydroxyl groups is 1. The molecule has 0 saturated heterocycles. The van der Waals surface area contributed by atoms with Gasteiger partial charge in [-0.15, -0.1) is 0 Å². The zero-order valence-electron chi connectivity index (χ0n) is 13.4. The van der Waals surface area contributed by atoms with Crippen LogP contribution in [0.15, 0.2) is 42.5 Å². The summed E-state index contributed by atoms with van der Waals surface area (Å²) in [7, 11) is 3.01. The summed E-state index contributed by atoms with van der Waals surface area (Å²) < 4.78 is 23.8. The van der Waals surface area contributed by atoms with Crippen molar-refractivity contribution in [3.05, 3.63) is 53.8 Å². The van der Waals surface area contributed by atoms with Gasteiger partial charge in [-0.2, -0.15) is 0 Å². The van der Waals surface area contributed by atoms with E-state index >= 15 is 0 Å². The van der Waals surface area contributed by atoms with Crippen molar-refractivity contribution < 1.29 is 23.8 Å². The summed E-state index contributed by atoms with van der Waals surface area (Å²) in [5.74, 6) is 0.493. The molecule has 7 heteroatoms. The van der Waals surface area contributed by atoms with Gasteiger partial charge in [0.1, 0.15) is 5.82 Å². The Morgan fingerprint density at radius 1 is 1.17 bits per heavy atom. The average Bonchev–Trinajstić information content (AvgIpc) is 2.60. The average molecular weight is 334 g/mol. The highest BCUT2D eigenvalue weighted by molar-refractivity contribution is 5.89. The second-order valence-electron chi connectivity index (χ2n) is 4.94. The van der Waals surface area contributed by atoms with Crippen LogP contribution in [0.25, 0.3) is 0 Å². The first kappa shape index (κ1) is 17.6. The third kappa shape index (κ3) is 4.36. The zero-order valence-corrected chi connectivity index (χ0v) is 13.4. The number of aliphatic hydroxyl groups excluding tert-OH is 1. The first-order valence-electron chi connectivity index (χ1n) is 7.24. The Bertz CT molecular complexity index is 709. The lowest BCUT2D eigenvalue weighted by molar-refractivity contribution is 0.170. The van der Waals surface area contributed by atoms with Gasteiger partial charge in [0.05, 0.1) is 20.3 Å². The van der Waals surface area contributed by atoms with Crippen LogP contribution < -0.4 is 20.1 Å². The van der Waals surface area contributed by atoms with Gasteiger partial charge in [-0.3, -0.25) is 0 Å². The number of ether oxygens (including phenoxy) is 2. The SMILES string of the molecule is COc1ccc(NC(=O)NC[C@H](O)c2ccccc2F)cc1OC. The molecule has 2 amide bonds. The van der Waals surface area contributed by atoms with Crippen LogP contribution in [0.1, 0.15) is 11.7 Å². The number of halogens is 1. The highest BCUT2D eigenvalue weighted by atomic mass is 19.1. The van der Waals surface area contributed by atoms with E-state index in [1.165, 1.54) is 32.4 Å². The van der Waals surface area contributed by atoms with Crippen molar-refractivity contribution in [1.29, 1.82) is 0 Å². The lowest BCUT2D eigenvalue weighted by Gasteiger charge is -2.14. The second kappa shape index (κ2) is 8.16. The molecule has 0 unspecified atom stereocenters. The molecule has 0 aliphatic rings. The van der Waals surface area contributed by atoms with E-state index in [1.54, 1.807) is 24.3 Å². The van der Waals surface area contributed by atoms with E-state index in [2.05, 4.69) is 10.6 Å². The molecule has 24 heavy (non-hydrogen) atoms. The number of methoxy groups -OCH3 is 2. The van der Waals surface area contributed by atoms with Gasteiger partial charge in [0.2, 0.25) is 0 Å². The fourth-order valence-electron chi connectivity index (χ4n) is 2.13. The Balaban J connectivity index is 1.93. The van der Waals surface area contributed by atoms with E-state index < -0.39 is 18.0 Å². The first-order chi connectivity index (χ1) is 11.5. The molecular weight excluding hydrogens is 315 g/mol. The lowest BCUT2D eigenvalue weighted by Crippen LogP contribution is -2.32. The van der Waals surface area contributed by atoms with E-state index in [-0.39, 0.29) is 12.1 Å². The number of urea groups is 1. The highest BCUT2D eigenvalue weighted by Gasteiger charge is 2.13. The zero-order chi connectivity index (χ0) is 17.5. The molecule has 0 radical (unpaired) electrons. The van der Waals surface area contributed by atoms with Crippen LogP contribution in [-0.2, 0) is 0 Å². The number of benzene rings is 2. The molecule has 0 aliphatic carbocycles. The van der Waals surface area contributed by atoms with Crippen molar-refractivity contribution >= 4 is 11.7 Å². The standard InChI is InChI=1S/C17H19FN2O4/c1-23-15-8-7-11(9-16(15)24-2)20-17(22)19-10-14(21)12-5-3-4-6-13(12)18/h3-9,14,21H,10H2,1-2H3,(H2,19,20,22)/t14-/m0/s1. The maximum absolute atomic E-state index is 13.6. The molecular formula is C17H19FN2O4. The number of nitrogens with one attached hydrogen (secondary N) is 2. The Kier molecular flexibility index (Phi) is 5.97. The number of amides is 2. The van der Waals surface area contributed by atoms with Gasteiger partial charge in [0, 0.05) is 23.9 Å². The van der Waals surface area contributed by atoms with Gasteiger partial charge in [-0.05, 0) is 18.2 Å².